The second kappa shape index (κ2) is 6.45. The molecular weight excluding hydrogens is 242 g/mol. The molecule has 0 atom stereocenters. The molecule has 2 rings (SSSR count). The average Bonchev–Trinajstić information content (AvgIpc) is 2.43. The van der Waals surface area contributed by atoms with Crippen LogP contribution in [-0.2, 0) is 0 Å². The van der Waals surface area contributed by atoms with E-state index in [1.807, 2.05) is 0 Å². The van der Waals surface area contributed by atoms with Crippen molar-refractivity contribution in [1.29, 1.82) is 0 Å². The number of benzene rings is 1. The number of hydrogen-bond acceptors (Lipinski definition) is 3. The fraction of sp³-hybridized carbons (Fsp3) is 0.533. The first-order chi connectivity index (χ1) is 9.18. The highest BCUT2D eigenvalue weighted by Gasteiger charge is 2.16. The zero-order valence-electron chi connectivity index (χ0n) is 11.1. The third-order valence-electron chi connectivity index (χ3n) is 3.82. The summed E-state index contributed by atoms with van der Waals surface area (Å²) in [6.07, 6.45) is 7.43. The lowest BCUT2D eigenvalue weighted by molar-refractivity contribution is 0.0947. The molecule has 1 amide bonds. The van der Waals surface area contributed by atoms with Gasteiger partial charge in [-0.3, -0.25) is 4.79 Å². The predicted molar refractivity (Wildman–Crippen MR) is 73.3 cm³/mol. The van der Waals surface area contributed by atoms with E-state index in [0.29, 0.717) is 12.5 Å². The fourth-order valence-electron chi connectivity index (χ4n) is 2.68. The van der Waals surface area contributed by atoms with Gasteiger partial charge in [-0.1, -0.05) is 38.2 Å². The number of rotatable bonds is 4. The summed E-state index contributed by atoms with van der Waals surface area (Å²) in [7, 11) is 0. The Balaban J connectivity index is 1.82. The van der Waals surface area contributed by atoms with Gasteiger partial charge in [0.25, 0.3) is 5.91 Å². The summed E-state index contributed by atoms with van der Waals surface area (Å²) in [6.45, 7) is 0.624. The monoisotopic (exact) mass is 263 g/mol. The van der Waals surface area contributed by atoms with Crippen LogP contribution in [0, 0.1) is 5.92 Å². The Morgan fingerprint density at radius 1 is 1.21 bits per heavy atom. The van der Waals surface area contributed by atoms with Gasteiger partial charge >= 0.3 is 0 Å². The standard InChI is InChI=1S/C15H21NO3/c17-13-8-4-7-12(14(13)18)15(19)16-10-9-11-5-2-1-3-6-11/h4,7-8,11,17-18H,1-3,5-6,9-10H2,(H,16,19). The number of carbonyl (C=O) groups excluding carboxylic acids is 1. The van der Waals surface area contributed by atoms with Crippen LogP contribution in [0.15, 0.2) is 18.2 Å². The molecule has 0 heterocycles. The normalized spacial score (nSPS) is 16.2. The van der Waals surface area contributed by atoms with Crippen molar-refractivity contribution in [2.24, 2.45) is 5.92 Å². The first-order valence-electron chi connectivity index (χ1n) is 6.97. The summed E-state index contributed by atoms with van der Waals surface area (Å²) in [5.74, 6) is -0.228. The Labute approximate surface area is 113 Å². The lowest BCUT2D eigenvalue weighted by atomic mass is 9.87. The fourth-order valence-corrected chi connectivity index (χ4v) is 2.68. The van der Waals surface area contributed by atoms with Gasteiger partial charge in [0.1, 0.15) is 0 Å². The van der Waals surface area contributed by atoms with E-state index in [0.717, 1.165) is 6.42 Å². The number of aromatic hydroxyl groups is 2. The van der Waals surface area contributed by atoms with E-state index in [4.69, 9.17) is 0 Å². The van der Waals surface area contributed by atoms with Crippen molar-refractivity contribution in [1.82, 2.24) is 5.32 Å². The highest BCUT2D eigenvalue weighted by Crippen LogP contribution is 2.28. The first kappa shape index (κ1) is 13.7. The number of para-hydroxylation sites is 1. The van der Waals surface area contributed by atoms with Crippen molar-refractivity contribution >= 4 is 5.91 Å². The van der Waals surface area contributed by atoms with Gasteiger partial charge in [0.2, 0.25) is 0 Å². The molecule has 0 aliphatic heterocycles. The zero-order valence-corrected chi connectivity index (χ0v) is 11.1. The lowest BCUT2D eigenvalue weighted by Crippen LogP contribution is -2.26. The second-order valence-electron chi connectivity index (χ2n) is 5.22. The molecule has 3 N–H and O–H groups in total. The number of carbonyl (C=O) groups is 1. The SMILES string of the molecule is O=C(NCCC1CCCCC1)c1cccc(O)c1O. The van der Waals surface area contributed by atoms with Crippen LogP contribution in [0.3, 0.4) is 0 Å². The Bertz CT molecular complexity index is 439. The summed E-state index contributed by atoms with van der Waals surface area (Å²) < 4.78 is 0. The van der Waals surface area contributed by atoms with Gasteiger partial charge in [-0.05, 0) is 24.5 Å². The smallest absolute Gasteiger partial charge is 0.255 e. The van der Waals surface area contributed by atoms with Crippen LogP contribution in [-0.4, -0.2) is 22.7 Å². The minimum atomic E-state index is -0.349. The predicted octanol–water partition coefficient (Wildman–Crippen LogP) is 2.80. The molecule has 19 heavy (non-hydrogen) atoms. The number of nitrogens with one attached hydrogen (secondary N) is 1. The van der Waals surface area contributed by atoms with Crippen LogP contribution in [0.2, 0.25) is 0 Å². The van der Waals surface area contributed by atoms with Gasteiger partial charge in [0.05, 0.1) is 5.56 Å². The molecule has 1 aromatic carbocycles. The van der Waals surface area contributed by atoms with E-state index >= 15 is 0 Å². The zero-order chi connectivity index (χ0) is 13.7. The Hall–Kier alpha value is -1.71. The Kier molecular flexibility index (Phi) is 4.66. The summed E-state index contributed by atoms with van der Waals surface area (Å²) in [5.41, 5.74) is 0.128. The third-order valence-corrected chi connectivity index (χ3v) is 3.82. The lowest BCUT2D eigenvalue weighted by Gasteiger charge is -2.21. The van der Waals surface area contributed by atoms with Crippen LogP contribution in [0.4, 0.5) is 0 Å². The van der Waals surface area contributed by atoms with Crippen LogP contribution in [0.5, 0.6) is 11.5 Å². The van der Waals surface area contributed by atoms with Gasteiger partial charge in [-0.15, -0.1) is 0 Å². The molecule has 1 aromatic rings. The van der Waals surface area contributed by atoms with E-state index in [9.17, 15) is 15.0 Å². The minimum Gasteiger partial charge on any atom is -0.504 e. The van der Waals surface area contributed by atoms with E-state index < -0.39 is 0 Å². The molecule has 1 fully saturated rings. The van der Waals surface area contributed by atoms with Crippen LogP contribution in [0.1, 0.15) is 48.9 Å². The minimum absolute atomic E-state index is 0.128. The van der Waals surface area contributed by atoms with Gasteiger partial charge in [-0.25, -0.2) is 0 Å². The van der Waals surface area contributed by atoms with Crippen molar-refractivity contribution < 1.29 is 15.0 Å². The van der Waals surface area contributed by atoms with E-state index in [-0.39, 0.29) is 23.0 Å². The highest BCUT2D eigenvalue weighted by molar-refractivity contribution is 5.97. The molecule has 4 heteroatoms. The van der Waals surface area contributed by atoms with Gasteiger partial charge < -0.3 is 15.5 Å². The maximum atomic E-state index is 11.9. The Morgan fingerprint density at radius 2 is 1.95 bits per heavy atom. The molecule has 0 aromatic heterocycles. The molecule has 4 nitrogen and oxygen atoms in total. The first-order valence-corrected chi connectivity index (χ1v) is 6.97. The molecule has 1 aliphatic carbocycles. The summed E-state index contributed by atoms with van der Waals surface area (Å²) >= 11 is 0. The van der Waals surface area contributed by atoms with Crippen LogP contribution >= 0.6 is 0 Å². The van der Waals surface area contributed by atoms with Crippen molar-refractivity contribution in [3.8, 4) is 11.5 Å². The van der Waals surface area contributed by atoms with Gasteiger partial charge in [0, 0.05) is 6.54 Å². The quantitative estimate of drug-likeness (QED) is 0.732. The van der Waals surface area contributed by atoms with Crippen molar-refractivity contribution in [2.45, 2.75) is 38.5 Å². The number of phenolic OH excluding ortho intramolecular Hbond substituents is 2. The molecular formula is C15H21NO3. The number of hydrogen-bond donors (Lipinski definition) is 3. The van der Waals surface area contributed by atoms with E-state index in [2.05, 4.69) is 5.32 Å². The van der Waals surface area contributed by atoms with E-state index in [1.54, 1.807) is 6.07 Å². The summed E-state index contributed by atoms with van der Waals surface area (Å²) in [4.78, 5) is 11.9. The van der Waals surface area contributed by atoms with Crippen molar-refractivity contribution in [3.05, 3.63) is 23.8 Å². The molecule has 0 unspecified atom stereocenters. The molecule has 0 saturated heterocycles. The Morgan fingerprint density at radius 3 is 2.68 bits per heavy atom. The highest BCUT2D eigenvalue weighted by atomic mass is 16.3. The molecule has 0 bridgehead atoms. The molecule has 0 radical (unpaired) electrons. The summed E-state index contributed by atoms with van der Waals surface area (Å²) in [6, 6.07) is 4.41. The van der Waals surface area contributed by atoms with E-state index in [1.165, 1.54) is 44.2 Å². The largest absolute Gasteiger partial charge is 0.504 e. The van der Waals surface area contributed by atoms with Crippen molar-refractivity contribution in [3.63, 3.8) is 0 Å². The molecule has 104 valence electrons. The average molecular weight is 263 g/mol. The topological polar surface area (TPSA) is 69.6 Å². The van der Waals surface area contributed by atoms with Crippen LogP contribution < -0.4 is 5.32 Å². The molecule has 1 saturated carbocycles. The third kappa shape index (κ3) is 3.63. The second-order valence-corrected chi connectivity index (χ2v) is 5.22. The maximum absolute atomic E-state index is 11.9. The van der Waals surface area contributed by atoms with Gasteiger partial charge in [0.15, 0.2) is 11.5 Å². The maximum Gasteiger partial charge on any atom is 0.255 e. The summed E-state index contributed by atoms with van der Waals surface area (Å²) in [5, 5.41) is 21.8. The van der Waals surface area contributed by atoms with Crippen molar-refractivity contribution in [2.75, 3.05) is 6.54 Å². The number of phenols is 2. The number of amides is 1. The van der Waals surface area contributed by atoms with Crippen LogP contribution in [0.25, 0.3) is 0 Å². The molecule has 0 spiro atoms. The molecule has 1 aliphatic rings. The van der Waals surface area contributed by atoms with Gasteiger partial charge in [-0.2, -0.15) is 0 Å².